The van der Waals surface area contributed by atoms with Crippen molar-refractivity contribution in [2.45, 2.75) is 46.1 Å². The summed E-state index contributed by atoms with van der Waals surface area (Å²) in [4.78, 5) is 27.7. The van der Waals surface area contributed by atoms with Gasteiger partial charge in [-0.3, -0.25) is 19.8 Å². The largest absolute Gasteiger partial charge is 0.301 e. The molecule has 0 aromatic carbocycles. The molecule has 2 saturated heterocycles. The van der Waals surface area contributed by atoms with E-state index in [-0.39, 0.29) is 17.9 Å². The van der Waals surface area contributed by atoms with E-state index in [0.29, 0.717) is 18.3 Å². The van der Waals surface area contributed by atoms with E-state index < -0.39 is 0 Å². The van der Waals surface area contributed by atoms with Crippen LogP contribution in [0.4, 0.5) is 0 Å². The molecule has 2 rings (SSSR count). The number of hydrogen-bond donors (Lipinski definition) is 1. The SMILES string of the molecule is CC(C)(C)CCN1CCN([C@@H]2CCC(=O)NC2=O)CC1. The highest BCUT2D eigenvalue weighted by atomic mass is 16.2. The summed E-state index contributed by atoms with van der Waals surface area (Å²) in [7, 11) is 0. The van der Waals surface area contributed by atoms with Gasteiger partial charge in [-0.05, 0) is 24.8 Å². The van der Waals surface area contributed by atoms with Gasteiger partial charge in [0.1, 0.15) is 0 Å². The quantitative estimate of drug-likeness (QED) is 0.779. The molecule has 0 aliphatic carbocycles. The Hall–Kier alpha value is -0.940. The first-order valence-electron chi connectivity index (χ1n) is 7.65. The van der Waals surface area contributed by atoms with E-state index in [2.05, 4.69) is 35.9 Å². The molecule has 1 N–H and O–H groups in total. The number of imide groups is 1. The second-order valence-corrected chi connectivity index (χ2v) is 7.16. The molecule has 0 saturated carbocycles. The predicted octanol–water partition coefficient (Wildman–Crippen LogP) is 0.845. The van der Waals surface area contributed by atoms with Gasteiger partial charge in [0, 0.05) is 32.6 Å². The van der Waals surface area contributed by atoms with Crippen molar-refractivity contribution in [1.82, 2.24) is 15.1 Å². The standard InChI is InChI=1S/C15H27N3O2/c1-15(2,3)6-7-17-8-10-18(11-9-17)12-4-5-13(19)16-14(12)20/h12H,4-11H2,1-3H3,(H,16,19,20)/t12-/m1/s1. The highest BCUT2D eigenvalue weighted by Gasteiger charge is 2.33. The summed E-state index contributed by atoms with van der Waals surface area (Å²) in [6, 6.07) is -0.0996. The molecule has 2 heterocycles. The molecule has 0 aromatic heterocycles. The Morgan fingerprint density at radius 2 is 1.80 bits per heavy atom. The number of piperidine rings is 1. The van der Waals surface area contributed by atoms with E-state index in [0.717, 1.165) is 32.7 Å². The highest BCUT2D eigenvalue weighted by Crippen LogP contribution is 2.20. The van der Waals surface area contributed by atoms with Crippen LogP contribution in [-0.4, -0.2) is 60.4 Å². The number of amides is 2. The van der Waals surface area contributed by atoms with Gasteiger partial charge in [-0.1, -0.05) is 20.8 Å². The minimum atomic E-state index is -0.130. The molecule has 5 heteroatoms. The zero-order valence-corrected chi connectivity index (χ0v) is 12.9. The van der Waals surface area contributed by atoms with Crippen LogP contribution >= 0.6 is 0 Å². The van der Waals surface area contributed by atoms with Crippen molar-refractivity contribution in [1.29, 1.82) is 0 Å². The molecule has 0 aromatic rings. The molecule has 114 valence electrons. The lowest BCUT2D eigenvalue weighted by Gasteiger charge is -2.40. The number of piperazine rings is 1. The molecule has 5 nitrogen and oxygen atoms in total. The molecule has 0 spiro atoms. The molecule has 1 atom stereocenters. The van der Waals surface area contributed by atoms with Gasteiger partial charge in [0.2, 0.25) is 11.8 Å². The van der Waals surface area contributed by atoms with Gasteiger partial charge in [0.05, 0.1) is 6.04 Å². The minimum Gasteiger partial charge on any atom is -0.301 e. The van der Waals surface area contributed by atoms with Gasteiger partial charge in [0.15, 0.2) is 0 Å². The van der Waals surface area contributed by atoms with Crippen molar-refractivity contribution in [3.63, 3.8) is 0 Å². The average molecular weight is 281 g/mol. The third-order valence-corrected chi connectivity index (χ3v) is 4.24. The van der Waals surface area contributed by atoms with Crippen molar-refractivity contribution < 1.29 is 9.59 Å². The molecule has 20 heavy (non-hydrogen) atoms. The fourth-order valence-electron chi connectivity index (χ4n) is 2.82. The number of hydrogen-bond acceptors (Lipinski definition) is 4. The zero-order valence-electron chi connectivity index (χ0n) is 12.9. The number of carbonyl (C=O) groups is 2. The monoisotopic (exact) mass is 281 g/mol. The third-order valence-electron chi connectivity index (χ3n) is 4.24. The van der Waals surface area contributed by atoms with E-state index in [1.165, 1.54) is 6.42 Å². The van der Waals surface area contributed by atoms with Gasteiger partial charge in [-0.15, -0.1) is 0 Å². The van der Waals surface area contributed by atoms with E-state index >= 15 is 0 Å². The summed E-state index contributed by atoms with van der Waals surface area (Å²) in [6.07, 6.45) is 2.35. The van der Waals surface area contributed by atoms with Crippen molar-refractivity contribution >= 4 is 11.8 Å². The first-order chi connectivity index (χ1) is 9.35. The summed E-state index contributed by atoms with van der Waals surface area (Å²) in [5.41, 5.74) is 0.376. The zero-order chi connectivity index (χ0) is 14.8. The van der Waals surface area contributed by atoms with Crippen LogP contribution in [0.25, 0.3) is 0 Å². The van der Waals surface area contributed by atoms with E-state index in [9.17, 15) is 9.59 Å². The topological polar surface area (TPSA) is 52.6 Å². The van der Waals surface area contributed by atoms with Gasteiger partial charge >= 0.3 is 0 Å². The second kappa shape index (κ2) is 6.22. The fraction of sp³-hybridized carbons (Fsp3) is 0.867. The Labute approximate surface area is 121 Å². The second-order valence-electron chi connectivity index (χ2n) is 7.16. The summed E-state index contributed by atoms with van der Waals surface area (Å²) in [5.74, 6) is -0.237. The Morgan fingerprint density at radius 1 is 1.15 bits per heavy atom. The predicted molar refractivity (Wildman–Crippen MR) is 78.3 cm³/mol. The molecule has 0 radical (unpaired) electrons. The van der Waals surface area contributed by atoms with Crippen LogP contribution in [0.2, 0.25) is 0 Å². The Balaban J connectivity index is 1.76. The number of nitrogens with one attached hydrogen (secondary N) is 1. The van der Waals surface area contributed by atoms with Gasteiger partial charge < -0.3 is 4.90 Å². The lowest BCUT2D eigenvalue weighted by molar-refractivity contribution is -0.138. The van der Waals surface area contributed by atoms with Crippen LogP contribution in [0.1, 0.15) is 40.0 Å². The normalized spacial score (nSPS) is 26.6. The minimum absolute atomic E-state index is 0.0996. The first kappa shape index (κ1) is 15.4. The van der Waals surface area contributed by atoms with E-state index in [4.69, 9.17) is 0 Å². The van der Waals surface area contributed by atoms with E-state index in [1.54, 1.807) is 0 Å². The first-order valence-corrected chi connectivity index (χ1v) is 7.65. The van der Waals surface area contributed by atoms with Crippen molar-refractivity contribution in [3.8, 4) is 0 Å². The summed E-state index contributed by atoms with van der Waals surface area (Å²) < 4.78 is 0. The molecule has 2 aliphatic heterocycles. The molecule has 0 unspecified atom stereocenters. The van der Waals surface area contributed by atoms with Gasteiger partial charge in [-0.25, -0.2) is 0 Å². The van der Waals surface area contributed by atoms with Crippen molar-refractivity contribution in [2.24, 2.45) is 5.41 Å². The van der Waals surface area contributed by atoms with Crippen LogP contribution in [0, 0.1) is 5.41 Å². The Morgan fingerprint density at radius 3 is 2.35 bits per heavy atom. The van der Waals surface area contributed by atoms with Crippen LogP contribution in [0.3, 0.4) is 0 Å². The smallest absolute Gasteiger partial charge is 0.243 e. The maximum absolute atomic E-state index is 11.9. The maximum Gasteiger partial charge on any atom is 0.243 e. The van der Waals surface area contributed by atoms with Crippen LogP contribution in [-0.2, 0) is 9.59 Å². The lowest BCUT2D eigenvalue weighted by Crippen LogP contribution is -2.57. The summed E-state index contributed by atoms with van der Waals surface area (Å²) in [6.45, 7) is 11.8. The Bertz CT molecular complexity index is 368. The third kappa shape index (κ3) is 4.28. The lowest BCUT2D eigenvalue weighted by atomic mass is 9.92. The summed E-state index contributed by atoms with van der Waals surface area (Å²) in [5, 5.41) is 2.45. The Kier molecular flexibility index (Phi) is 4.81. The van der Waals surface area contributed by atoms with Crippen LogP contribution in [0.15, 0.2) is 0 Å². The molecule has 0 bridgehead atoms. The molecule has 2 aliphatic rings. The number of nitrogens with zero attached hydrogens (tertiary/aromatic N) is 2. The van der Waals surface area contributed by atoms with Gasteiger partial charge in [0.25, 0.3) is 0 Å². The van der Waals surface area contributed by atoms with Crippen molar-refractivity contribution in [3.05, 3.63) is 0 Å². The maximum atomic E-state index is 11.9. The van der Waals surface area contributed by atoms with E-state index in [1.807, 2.05) is 0 Å². The summed E-state index contributed by atoms with van der Waals surface area (Å²) >= 11 is 0. The molecule has 2 amide bonds. The number of carbonyl (C=O) groups excluding carboxylic acids is 2. The van der Waals surface area contributed by atoms with Crippen molar-refractivity contribution in [2.75, 3.05) is 32.7 Å². The fourth-order valence-corrected chi connectivity index (χ4v) is 2.82. The van der Waals surface area contributed by atoms with Crippen LogP contribution in [0.5, 0.6) is 0 Å². The molecular formula is C15H27N3O2. The number of rotatable bonds is 3. The molecular weight excluding hydrogens is 254 g/mol. The van der Waals surface area contributed by atoms with Crippen LogP contribution < -0.4 is 5.32 Å². The van der Waals surface area contributed by atoms with Gasteiger partial charge in [-0.2, -0.15) is 0 Å². The highest BCUT2D eigenvalue weighted by molar-refractivity contribution is 6.00. The average Bonchev–Trinajstić information content (AvgIpc) is 2.36. The molecule has 2 fully saturated rings.